The average Bonchev–Trinajstić information content (AvgIpc) is 2.66. The molecule has 0 N–H and O–H groups in total. The first-order valence-corrected chi connectivity index (χ1v) is 9.31. The summed E-state index contributed by atoms with van der Waals surface area (Å²) >= 11 is 0. The lowest BCUT2D eigenvalue weighted by Crippen LogP contribution is -2.26. The third-order valence-corrected chi connectivity index (χ3v) is 3.73. The molecule has 0 saturated carbocycles. The monoisotopic (exact) mass is 401 g/mol. The van der Waals surface area contributed by atoms with Gasteiger partial charge in [0.25, 0.3) is 0 Å². The third kappa shape index (κ3) is 9.06. The van der Waals surface area contributed by atoms with Gasteiger partial charge in [-0.15, -0.1) is 0 Å². The number of rotatable bonds is 9. The molecule has 0 bridgehead atoms. The summed E-state index contributed by atoms with van der Waals surface area (Å²) in [7, 11) is 0. The molecule has 7 nitrogen and oxygen atoms in total. The summed E-state index contributed by atoms with van der Waals surface area (Å²) in [6.45, 7) is 6.65. The van der Waals surface area contributed by atoms with Crippen molar-refractivity contribution in [3.8, 4) is 6.07 Å². The second-order valence-corrected chi connectivity index (χ2v) is 7.39. The number of nitrogens with zero attached hydrogens (tertiary/aromatic N) is 1. The standard InChI is InChI=1S/C22H27NO6/c1-16(24)28-19(17-10-6-5-7-11-17)20(25)29-18(12-8-14-23)13-9-15-27-21(26)22(2,3)4/h5-8,10-12,18-19H,9,13,15H2,1-4H3/b12-8+/t18-,19+/m1/s1. The molecule has 1 rings (SSSR count). The summed E-state index contributed by atoms with van der Waals surface area (Å²) in [5, 5.41) is 8.77. The molecule has 0 heterocycles. The molecule has 0 saturated heterocycles. The van der Waals surface area contributed by atoms with Gasteiger partial charge in [-0.3, -0.25) is 9.59 Å². The average molecular weight is 401 g/mol. The van der Waals surface area contributed by atoms with Gasteiger partial charge in [0.2, 0.25) is 6.10 Å². The molecule has 1 aromatic rings. The molecule has 0 aliphatic carbocycles. The number of allylic oxidation sites excluding steroid dienone is 1. The summed E-state index contributed by atoms with van der Waals surface area (Å²) in [6.07, 6.45) is 1.49. The van der Waals surface area contributed by atoms with E-state index in [4.69, 9.17) is 19.5 Å². The van der Waals surface area contributed by atoms with E-state index in [1.165, 1.54) is 19.1 Å². The fourth-order valence-corrected chi connectivity index (χ4v) is 2.27. The van der Waals surface area contributed by atoms with Crippen LogP contribution in [0.15, 0.2) is 42.5 Å². The van der Waals surface area contributed by atoms with Crippen molar-refractivity contribution >= 4 is 17.9 Å². The first-order valence-electron chi connectivity index (χ1n) is 9.31. The van der Waals surface area contributed by atoms with Crippen molar-refractivity contribution in [1.29, 1.82) is 5.26 Å². The van der Waals surface area contributed by atoms with Crippen molar-refractivity contribution in [2.75, 3.05) is 6.61 Å². The zero-order chi connectivity index (χ0) is 21.9. The minimum absolute atomic E-state index is 0.163. The van der Waals surface area contributed by atoms with E-state index in [9.17, 15) is 14.4 Å². The number of ether oxygens (including phenoxy) is 3. The predicted molar refractivity (Wildman–Crippen MR) is 105 cm³/mol. The van der Waals surface area contributed by atoms with Gasteiger partial charge in [-0.25, -0.2) is 4.79 Å². The zero-order valence-corrected chi connectivity index (χ0v) is 17.2. The molecule has 0 radical (unpaired) electrons. The van der Waals surface area contributed by atoms with Crippen LogP contribution in [0.25, 0.3) is 0 Å². The molecule has 0 aliphatic heterocycles. The Morgan fingerprint density at radius 1 is 1.14 bits per heavy atom. The van der Waals surface area contributed by atoms with Gasteiger partial charge >= 0.3 is 17.9 Å². The summed E-state index contributed by atoms with van der Waals surface area (Å²) in [5.41, 5.74) is -0.116. The molecular formula is C22H27NO6. The third-order valence-electron chi connectivity index (χ3n) is 3.73. The maximum absolute atomic E-state index is 12.6. The van der Waals surface area contributed by atoms with E-state index >= 15 is 0 Å². The largest absolute Gasteiger partial charge is 0.465 e. The van der Waals surface area contributed by atoms with Crippen molar-refractivity contribution in [2.45, 2.75) is 52.7 Å². The zero-order valence-electron chi connectivity index (χ0n) is 17.2. The molecule has 0 fully saturated rings. The van der Waals surface area contributed by atoms with Crippen molar-refractivity contribution < 1.29 is 28.6 Å². The van der Waals surface area contributed by atoms with Crippen molar-refractivity contribution in [2.24, 2.45) is 5.41 Å². The Kier molecular flexibility index (Phi) is 9.60. The fraction of sp³-hybridized carbons (Fsp3) is 0.455. The van der Waals surface area contributed by atoms with Gasteiger partial charge in [-0.1, -0.05) is 30.3 Å². The maximum atomic E-state index is 12.6. The summed E-state index contributed by atoms with van der Waals surface area (Å²) in [4.78, 5) is 35.8. The first-order chi connectivity index (χ1) is 13.6. The van der Waals surface area contributed by atoms with E-state index in [0.717, 1.165) is 0 Å². The number of benzene rings is 1. The van der Waals surface area contributed by atoms with Crippen LogP contribution in [0, 0.1) is 16.7 Å². The van der Waals surface area contributed by atoms with Crippen molar-refractivity contribution in [3.05, 3.63) is 48.0 Å². The number of carbonyl (C=O) groups excluding carboxylic acids is 3. The smallest absolute Gasteiger partial charge is 0.352 e. The Labute approximate surface area is 171 Å². The lowest BCUT2D eigenvalue weighted by atomic mass is 9.97. The molecule has 156 valence electrons. The molecular weight excluding hydrogens is 374 g/mol. The van der Waals surface area contributed by atoms with Gasteiger partial charge in [-0.2, -0.15) is 5.26 Å². The van der Waals surface area contributed by atoms with Crippen molar-refractivity contribution in [3.63, 3.8) is 0 Å². The Hall–Kier alpha value is -3.14. The van der Waals surface area contributed by atoms with E-state index in [-0.39, 0.29) is 12.6 Å². The van der Waals surface area contributed by atoms with Crippen molar-refractivity contribution in [1.82, 2.24) is 0 Å². The van der Waals surface area contributed by atoms with Gasteiger partial charge in [0.1, 0.15) is 6.10 Å². The van der Waals surface area contributed by atoms with E-state index in [2.05, 4.69) is 0 Å². The van der Waals surface area contributed by atoms with Gasteiger partial charge < -0.3 is 14.2 Å². The summed E-state index contributed by atoms with van der Waals surface area (Å²) in [5.74, 6) is -1.68. The van der Waals surface area contributed by atoms with Gasteiger partial charge in [-0.05, 0) is 39.7 Å². The number of carbonyl (C=O) groups is 3. The Morgan fingerprint density at radius 2 is 1.79 bits per heavy atom. The number of hydrogen-bond donors (Lipinski definition) is 0. The quantitative estimate of drug-likeness (QED) is 0.269. The second kappa shape index (κ2) is 11.6. The predicted octanol–water partition coefficient (Wildman–Crippen LogP) is 3.65. The fourth-order valence-electron chi connectivity index (χ4n) is 2.27. The lowest BCUT2D eigenvalue weighted by molar-refractivity contribution is -0.170. The van der Waals surface area contributed by atoms with Gasteiger partial charge in [0.05, 0.1) is 18.1 Å². The molecule has 1 aromatic carbocycles. The molecule has 7 heteroatoms. The second-order valence-electron chi connectivity index (χ2n) is 7.39. The molecule has 0 aliphatic rings. The topological polar surface area (TPSA) is 103 Å². The van der Waals surface area contributed by atoms with E-state index < -0.39 is 29.6 Å². The number of esters is 3. The van der Waals surface area contributed by atoms with Crippen LogP contribution in [0.5, 0.6) is 0 Å². The first kappa shape index (κ1) is 23.9. The van der Waals surface area contributed by atoms with E-state index in [1.54, 1.807) is 51.1 Å². The van der Waals surface area contributed by atoms with Crippen LogP contribution in [-0.4, -0.2) is 30.6 Å². The Bertz CT molecular complexity index is 758. The highest BCUT2D eigenvalue weighted by Gasteiger charge is 2.27. The van der Waals surface area contributed by atoms with E-state index in [0.29, 0.717) is 18.4 Å². The molecule has 0 amide bonds. The summed E-state index contributed by atoms with van der Waals surface area (Å²) < 4.78 is 15.8. The Morgan fingerprint density at radius 3 is 2.34 bits per heavy atom. The number of hydrogen-bond acceptors (Lipinski definition) is 7. The lowest BCUT2D eigenvalue weighted by Gasteiger charge is -2.20. The maximum Gasteiger partial charge on any atom is 0.352 e. The highest BCUT2D eigenvalue weighted by molar-refractivity contribution is 5.80. The molecule has 2 atom stereocenters. The molecule has 29 heavy (non-hydrogen) atoms. The van der Waals surface area contributed by atoms with Crippen LogP contribution < -0.4 is 0 Å². The minimum atomic E-state index is -1.20. The van der Waals surface area contributed by atoms with Crippen LogP contribution in [0.2, 0.25) is 0 Å². The molecule has 0 unspecified atom stereocenters. The van der Waals surface area contributed by atoms with E-state index in [1.807, 2.05) is 6.07 Å². The van der Waals surface area contributed by atoms with Crippen LogP contribution >= 0.6 is 0 Å². The number of nitriles is 1. The summed E-state index contributed by atoms with van der Waals surface area (Å²) in [6, 6.07) is 10.4. The van der Waals surface area contributed by atoms with Gasteiger partial charge in [0.15, 0.2) is 0 Å². The van der Waals surface area contributed by atoms with Crippen LogP contribution in [0.1, 0.15) is 52.2 Å². The normalized spacial score (nSPS) is 13.2. The highest BCUT2D eigenvalue weighted by atomic mass is 16.6. The minimum Gasteiger partial charge on any atom is -0.465 e. The SMILES string of the molecule is CC(=O)O[C@H](C(=O)O[C@H](/C=C/C#N)CCCOC(=O)C(C)(C)C)c1ccccc1. The highest BCUT2D eigenvalue weighted by Crippen LogP contribution is 2.21. The van der Waals surface area contributed by atoms with Crippen LogP contribution in [0.4, 0.5) is 0 Å². The molecule has 0 spiro atoms. The Balaban J connectivity index is 2.75. The van der Waals surface area contributed by atoms with Gasteiger partial charge in [0, 0.05) is 18.6 Å². The van der Waals surface area contributed by atoms with Crippen LogP contribution in [-0.2, 0) is 28.6 Å². The molecule has 0 aromatic heterocycles. The van der Waals surface area contributed by atoms with Crippen LogP contribution in [0.3, 0.4) is 0 Å².